The quantitative estimate of drug-likeness (QED) is 0.173. The molecule has 4 amide bonds. The summed E-state index contributed by atoms with van der Waals surface area (Å²) < 4.78 is 16.6. The van der Waals surface area contributed by atoms with Crippen molar-refractivity contribution in [2.45, 2.75) is 63.8 Å². The van der Waals surface area contributed by atoms with Gasteiger partial charge >= 0.3 is 6.03 Å². The van der Waals surface area contributed by atoms with Gasteiger partial charge in [0.2, 0.25) is 11.7 Å². The number of aliphatic hydroxyl groups excluding tert-OH is 1. The van der Waals surface area contributed by atoms with Crippen molar-refractivity contribution in [2.24, 2.45) is 5.92 Å². The molecule has 1 aliphatic rings. The zero-order valence-electron chi connectivity index (χ0n) is 28.2. The van der Waals surface area contributed by atoms with Gasteiger partial charge in [-0.05, 0) is 54.9 Å². The van der Waals surface area contributed by atoms with Crippen LogP contribution in [0.5, 0.6) is 17.2 Å². The van der Waals surface area contributed by atoms with E-state index in [1.54, 1.807) is 23.1 Å². The normalized spacial score (nSPS) is 15.5. The molecule has 1 heterocycles. The molecule has 4 atom stereocenters. The van der Waals surface area contributed by atoms with E-state index in [4.69, 9.17) is 14.2 Å². The van der Waals surface area contributed by atoms with Crippen LogP contribution in [0, 0.1) is 5.92 Å². The first kappa shape index (κ1) is 36.1. The van der Waals surface area contributed by atoms with E-state index < -0.39 is 30.1 Å². The molecule has 4 rings (SSSR count). The number of rotatable bonds is 17. The van der Waals surface area contributed by atoms with E-state index in [9.17, 15) is 19.5 Å². The maximum absolute atomic E-state index is 13.9. The number of hydrogen-bond donors (Lipinski definition) is 4. The lowest BCUT2D eigenvalue weighted by atomic mass is 9.92. The number of carbonyl (C=O) groups excluding carboxylic acids is 3. The third-order valence-corrected chi connectivity index (χ3v) is 8.39. The highest BCUT2D eigenvalue weighted by Crippen LogP contribution is 2.36. The van der Waals surface area contributed by atoms with E-state index in [1.807, 2.05) is 74.5 Å². The molecule has 3 aromatic carbocycles. The molecule has 1 saturated heterocycles. The molecule has 0 unspecified atom stereocenters. The van der Waals surface area contributed by atoms with Crippen molar-refractivity contribution in [2.75, 3.05) is 33.9 Å². The lowest BCUT2D eigenvalue weighted by Crippen LogP contribution is -2.59. The number of ether oxygens (including phenoxy) is 3. The first-order chi connectivity index (χ1) is 23.2. The molecule has 1 aliphatic heterocycles. The number of para-hydroxylation sites is 1. The molecule has 0 aliphatic carbocycles. The van der Waals surface area contributed by atoms with Crippen molar-refractivity contribution >= 4 is 17.8 Å². The van der Waals surface area contributed by atoms with Gasteiger partial charge in [0, 0.05) is 19.1 Å². The zero-order valence-corrected chi connectivity index (χ0v) is 28.2. The molecule has 3 aromatic rings. The van der Waals surface area contributed by atoms with Crippen LogP contribution < -0.4 is 30.2 Å². The number of aliphatic hydroxyl groups is 1. The summed E-state index contributed by atoms with van der Waals surface area (Å²) in [6.45, 7) is 4.56. The fourth-order valence-corrected chi connectivity index (χ4v) is 6.05. The average molecular weight is 661 g/mol. The van der Waals surface area contributed by atoms with Crippen LogP contribution in [0.2, 0.25) is 0 Å². The topological polar surface area (TPSA) is 138 Å². The number of amides is 4. The van der Waals surface area contributed by atoms with E-state index in [0.717, 1.165) is 17.5 Å². The second-order valence-electron chi connectivity index (χ2n) is 12.3. The predicted octanol–water partition coefficient (Wildman–Crippen LogP) is 3.73. The van der Waals surface area contributed by atoms with Gasteiger partial charge in [0.25, 0.3) is 5.91 Å². The molecule has 48 heavy (non-hydrogen) atoms. The first-order valence-corrected chi connectivity index (χ1v) is 16.4. The Morgan fingerprint density at radius 3 is 2.04 bits per heavy atom. The summed E-state index contributed by atoms with van der Waals surface area (Å²) in [5.74, 6) is 0.280. The van der Waals surface area contributed by atoms with Gasteiger partial charge in [-0.25, -0.2) is 4.79 Å². The molecule has 0 saturated carbocycles. The monoisotopic (exact) mass is 660 g/mol. The summed E-state index contributed by atoms with van der Waals surface area (Å²) in [5.41, 5.74) is 1.91. The summed E-state index contributed by atoms with van der Waals surface area (Å²) in [7, 11) is 3.01. The van der Waals surface area contributed by atoms with E-state index >= 15 is 0 Å². The second-order valence-corrected chi connectivity index (χ2v) is 12.3. The Kier molecular flexibility index (Phi) is 13.5. The molecule has 0 aromatic heterocycles. The summed E-state index contributed by atoms with van der Waals surface area (Å²) >= 11 is 0. The highest BCUT2D eigenvalue weighted by atomic mass is 16.5. The van der Waals surface area contributed by atoms with Crippen molar-refractivity contribution in [1.29, 1.82) is 0 Å². The Morgan fingerprint density at radius 1 is 0.875 bits per heavy atom. The third kappa shape index (κ3) is 10.1. The minimum absolute atomic E-state index is 0.136. The smallest absolute Gasteiger partial charge is 0.318 e. The van der Waals surface area contributed by atoms with Crippen LogP contribution in [0.15, 0.2) is 78.9 Å². The van der Waals surface area contributed by atoms with Crippen molar-refractivity contribution in [1.82, 2.24) is 20.9 Å². The molecule has 0 radical (unpaired) electrons. The summed E-state index contributed by atoms with van der Waals surface area (Å²) in [4.78, 5) is 41.5. The standard InChI is InChI=1S/C37H48N4O7/c1-25(2)34(41-20-12-19-38-37(41)45)36(44)39-28(21-26-13-7-5-8-14-26)23-30(42)29(22-27-15-9-6-10-16-27)40-33(43)24-48-35-31(46-3)17-11-18-32(35)47-4/h5-11,13-18,25,28-30,34,42H,12,19-24H2,1-4H3,(H,38,45)(H,39,44)(H,40,43)/t28-,29-,30-,34-/m0/s1. The molecular weight excluding hydrogens is 612 g/mol. The van der Waals surface area contributed by atoms with E-state index in [0.29, 0.717) is 43.2 Å². The van der Waals surface area contributed by atoms with Gasteiger partial charge < -0.3 is 40.2 Å². The Labute approximate surface area is 283 Å². The fourth-order valence-electron chi connectivity index (χ4n) is 6.05. The van der Waals surface area contributed by atoms with Crippen molar-refractivity contribution < 1.29 is 33.7 Å². The summed E-state index contributed by atoms with van der Waals surface area (Å²) in [5, 5.41) is 20.7. The Bertz CT molecular complexity index is 1450. The Hall–Kier alpha value is -4.77. The molecule has 0 bridgehead atoms. The predicted molar refractivity (Wildman–Crippen MR) is 183 cm³/mol. The van der Waals surface area contributed by atoms with Crippen LogP contribution in [0.1, 0.15) is 37.8 Å². The lowest BCUT2D eigenvalue weighted by Gasteiger charge is -2.37. The van der Waals surface area contributed by atoms with E-state index in [-0.39, 0.29) is 30.9 Å². The highest BCUT2D eigenvalue weighted by molar-refractivity contribution is 5.87. The maximum Gasteiger partial charge on any atom is 0.318 e. The van der Waals surface area contributed by atoms with Gasteiger partial charge in [0.05, 0.1) is 26.4 Å². The van der Waals surface area contributed by atoms with Crippen LogP contribution in [0.25, 0.3) is 0 Å². The van der Waals surface area contributed by atoms with Gasteiger partial charge in [0.1, 0.15) is 6.04 Å². The van der Waals surface area contributed by atoms with Gasteiger partial charge in [-0.1, -0.05) is 80.6 Å². The summed E-state index contributed by atoms with van der Waals surface area (Å²) in [6.07, 6.45) is 0.656. The van der Waals surface area contributed by atoms with Crippen molar-refractivity contribution in [3.63, 3.8) is 0 Å². The van der Waals surface area contributed by atoms with Crippen LogP contribution in [0.3, 0.4) is 0 Å². The first-order valence-electron chi connectivity index (χ1n) is 16.4. The number of nitrogens with one attached hydrogen (secondary N) is 3. The molecule has 4 N–H and O–H groups in total. The summed E-state index contributed by atoms with van der Waals surface area (Å²) in [6, 6.07) is 22.3. The van der Waals surface area contributed by atoms with E-state index in [2.05, 4.69) is 16.0 Å². The number of nitrogens with zero attached hydrogens (tertiary/aromatic N) is 1. The van der Waals surface area contributed by atoms with Crippen LogP contribution in [0.4, 0.5) is 4.79 Å². The highest BCUT2D eigenvalue weighted by Gasteiger charge is 2.35. The molecular formula is C37H48N4O7. The number of benzene rings is 3. The molecule has 11 heteroatoms. The van der Waals surface area contributed by atoms with Gasteiger partial charge in [-0.15, -0.1) is 0 Å². The fraction of sp³-hybridized carbons (Fsp3) is 0.432. The molecule has 1 fully saturated rings. The average Bonchev–Trinajstić information content (AvgIpc) is 3.08. The number of methoxy groups -OCH3 is 2. The van der Waals surface area contributed by atoms with Crippen molar-refractivity contribution in [3.8, 4) is 17.2 Å². The number of carbonyl (C=O) groups is 3. The second kappa shape index (κ2) is 18.0. The SMILES string of the molecule is COc1cccc(OC)c1OCC(=O)N[C@@H](Cc1ccccc1)[C@@H](O)C[C@H](Cc1ccccc1)NC(=O)[C@H](C(C)C)N1CCCNC1=O. The van der Waals surface area contributed by atoms with Gasteiger partial charge in [-0.3, -0.25) is 9.59 Å². The van der Waals surface area contributed by atoms with Gasteiger partial charge in [0.15, 0.2) is 18.1 Å². The van der Waals surface area contributed by atoms with Crippen LogP contribution >= 0.6 is 0 Å². The Balaban J connectivity index is 1.53. The molecule has 11 nitrogen and oxygen atoms in total. The van der Waals surface area contributed by atoms with E-state index in [1.165, 1.54) is 14.2 Å². The number of urea groups is 1. The maximum atomic E-state index is 13.9. The van der Waals surface area contributed by atoms with Crippen molar-refractivity contribution in [3.05, 3.63) is 90.0 Å². The molecule has 0 spiro atoms. The molecule has 258 valence electrons. The van der Waals surface area contributed by atoms with Gasteiger partial charge in [-0.2, -0.15) is 0 Å². The van der Waals surface area contributed by atoms with Crippen LogP contribution in [-0.4, -0.2) is 86.0 Å². The minimum atomic E-state index is -1.04. The third-order valence-electron chi connectivity index (χ3n) is 8.39. The zero-order chi connectivity index (χ0) is 34.5. The lowest BCUT2D eigenvalue weighted by molar-refractivity contribution is -0.128. The Morgan fingerprint density at radius 2 is 1.48 bits per heavy atom. The number of hydrogen-bond acceptors (Lipinski definition) is 7. The van der Waals surface area contributed by atoms with Crippen LogP contribution in [-0.2, 0) is 22.4 Å². The largest absolute Gasteiger partial charge is 0.493 e. The minimum Gasteiger partial charge on any atom is -0.493 e.